The van der Waals surface area contributed by atoms with E-state index in [2.05, 4.69) is 20.1 Å². The Labute approximate surface area is 116 Å². The maximum Gasteiger partial charge on any atom is 0.325 e. The second-order valence-corrected chi connectivity index (χ2v) is 4.35. The Kier molecular flexibility index (Phi) is 2.96. The molecular formula is C12H7ClN4O3. The molecule has 2 aromatic heterocycles. The van der Waals surface area contributed by atoms with Crippen molar-refractivity contribution in [2.24, 2.45) is 0 Å². The van der Waals surface area contributed by atoms with Gasteiger partial charge in [0, 0.05) is 16.8 Å². The molecule has 0 saturated carbocycles. The van der Waals surface area contributed by atoms with Gasteiger partial charge in [-0.25, -0.2) is 4.79 Å². The topological polar surface area (TPSA) is 105 Å². The molecule has 0 fully saturated rings. The van der Waals surface area contributed by atoms with Crippen LogP contribution in [-0.4, -0.2) is 20.1 Å². The van der Waals surface area contributed by atoms with Crippen molar-refractivity contribution < 1.29 is 4.52 Å². The van der Waals surface area contributed by atoms with Crippen LogP contribution in [0.1, 0.15) is 0 Å². The number of aromatic nitrogens is 4. The zero-order valence-electron chi connectivity index (χ0n) is 9.88. The molecule has 0 spiro atoms. The van der Waals surface area contributed by atoms with E-state index < -0.39 is 11.2 Å². The molecule has 2 N–H and O–H groups in total. The maximum atomic E-state index is 11.6. The SMILES string of the molecule is O=c1[nH]cc(-c2nc(-c3ccc(Cl)cc3)no2)c(=O)[nH]1. The van der Waals surface area contributed by atoms with Gasteiger partial charge in [0.2, 0.25) is 5.82 Å². The Balaban J connectivity index is 2.04. The summed E-state index contributed by atoms with van der Waals surface area (Å²) in [5.41, 5.74) is -0.404. The Morgan fingerprint density at radius 2 is 1.90 bits per heavy atom. The third-order valence-corrected chi connectivity index (χ3v) is 2.83. The molecule has 0 saturated heterocycles. The van der Waals surface area contributed by atoms with E-state index in [4.69, 9.17) is 16.1 Å². The maximum absolute atomic E-state index is 11.6. The van der Waals surface area contributed by atoms with Gasteiger partial charge in [-0.15, -0.1) is 0 Å². The number of hydrogen-bond acceptors (Lipinski definition) is 5. The van der Waals surface area contributed by atoms with Crippen molar-refractivity contribution in [2.45, 2.75) is 0 Å². The van der Waals surface area contributed by atoms with Crippen LogP contribution >= 0.6 is 11.6 Å². The summed E-state index contributed by atoms with van der Waals surface area (Å²) in [6, 6.07) is 6.85. The number of halogens is 1. The van der Waals surface area contributed by atoms with Crippen LogP contribution in [0.5, 0.6) is 0 Å². The summed E-state index contributed by atoms with van der Waals surface area (Å²) < 4.78 is 5.02. The third kappa shape index (κ3) is 2.26. The fraction of sp³-hybridized carbons (Fsp3) is 0. The lowest BCUT2D eigenvalue weighted by Gasteiger charge is -1.93. The van der Waals surface area contributed by atoms with E-state index in [1.165, 1.54) is 6.20 Å². The molecule has 100 valence electrons. The van der Waals surface area contributed by atoms with Crippen molar-refractivity contribution in [2.75, 3.05) is 0 Å². The Morgan fingerprint density at radius 3 is 2.60 bits per heavy atom. The van der Waals surface area contributed by atoms with E-state index in [1.54, 1.807) is 24.3 Å². The lowest BCUT2D eigenvalue weighted by atomic mass is 10.2. The van der Waals surface area contributed by atoms with Crippen molar-refractivity contribution in [3.8, 4) is 22.8 Å². The van der Waals surface area contributed by atoms with Gasteiger partial charge in [-0.3, -0.25) is 9.78 Å². The van der Waals surface area contributed by atoms with Crippen LogP contribution in [0, 0.1) is 0 Å². The smallest absolute Gasteiger partial charge is 0.325 e. The van der Waals surface area contributed by atoms with Crippen LogP contribution in [0.15, 0.2) is 44.6 Å². The highest BCUT2D eigenvalue weighted by atomic mass is 35.5. The van der Waals surface area contributed by atoms with E-state index in [9.17, 15) is 9.59 Å². The molecular weight excluding hydrogens is 284 g/mol. The highest BCUT2D eigenvalue weighted by molar-refractivity contribution is 6.30. The van der Waals surface area contributed by atoms with E-state index in [0.29, 0.717) is 16.4 Å². The summed E-state index contributed by atoms with van der Waals surface area (Å²) >= 11 is 5.79. The van der Waals surface area contributed by atoms with E-state index >= 15 is 0 Å². The summed E-state index contributed by atoms with van der Waals surface area (Å²) in [5, 5.41) is 4.37. The van der Waals surface area contributed by atoms with Crippen LogP contribution in [0.2, 0.25) is 5.02 Å². The van der Waals surface area contributed by atoms with Gasteiger partial charge in [0.15, 0.2) is 0 Å². The summed E-state index contributed by atoms with van der Waals surface area (Å²) in [6.07, 6.45) is 1.22. The molecule has 0 atom stereocenters. The number of nitrogens with zero attached hydrogens (tertiary/aromatic N) is 2. The normalized spacial score (nSPS) is 10.7. The number of aromatic amines is 2. The molecule has 20 heavy (non-hydrogen) atoms. The molecule has 0 aliphatic rings. The second kappa shape index (κ2) is 4.78. The molecule has 0 radical (unpaired) electrons. The quantitative estimate of drug-likeness (QED) is 0.743. The van der Waals surface area contributed by atoms with Crippen molar-refractivity contribution in [1.29, 1.82) is 0 Å². The van der Waals surface area contributed by atoms with Crippen molar-refractivity contribution in [3.63, 3.8) is 0 Å². The third-order valence-electron chi connectivity index (χ3n) is 2.58. The predicted octanol–water partition coefficient (Wildman–Crippen LogP) is 1.43. The lowest BCUT2D eigenvalue weighted by molar-refractivity contribution is 0.431. The monoisotopic (exact) mass is 290 g/mol. The van der Waals surface area contributed by atoms with Gasteiger partial charge in [-0.1, -0.05) is 16.8 Å². The van der Waals surface area contributed by atoms with Crippen LogP contribution < -0.4 is 11.2 Å². The largest absolute Gasteiger partial charge is 0.333 e. The average Bonchev–Trinajstić information content (AvgIpc) is 2.89. The van der Waals surface area contributed by atoms with Gasteiger partial charge < -0.3 is 9.51 Å². The van der Waals surface area contributed by atoms with Gasteiger partial charge in [0.25, 0.3) is 11.4 Å². The minimum atomic E-state index is -0.601. The lowest BCUT2D eigenvalue weighted by Crippen LogP contribution is -2.22. The molecule has 0 aliphatic heterocycles. The molecule has 0 aliphatic carbocycles. The van der Waals surface area contributed by atoms with Crippen molar-refractivity contribution >= 4 is 11.6 Å². The Morgan fingerprint density at radius 1 is 1.15 bits per heavy atom. The first-order valence-corrected chi connectivity index (χ1v) is 5.93. The molecule has 0 bridgehead atoms. The van der Waals surface area contributed by atoms with E-state index in [0.717, 1.165) is 0 Å². The van der Waals surface area contributed by atoms with Crippen LogP contribution in [0.25, 0.3) is 22.8 Å². The number of nitrogens with one attached hydrogen (secondary N) is 2. The number of hydrogen-bond donors (Lipinski definition) is 2. The van der Waals surface area contributed by atoms with E-state index in [1.807, 2.05) is 0 Å². The van der Waals surface area contributed by atoms with Crippen molar-refractivity contribution in [1.82, 2.24) is 20.1 Å². The van der Waals surface area contributed by atoms with Gasteiger partial charge in [0.1, 0.15) is 5.56 Å². The number of benzene rings is 1. The Bertz CT molecular complexity index is 863. The molecule has 7 nitrogen and oxygen atoms in total. The average molecular weight is 291 g/mol. The van der Waals surface area contributed by atoms with Crippen LogP contribution in [0.3, 0.4) is 0 Å². The number of rotatable bonds is 2. The predicted molar refractivity (Wildman–Crippen MR) is 71.4 cm³/mol. The number of H-pyrrole nitrogens is 2. The molecule has 0 unspecified atom stereocenters. The van der Waals surface area contributed by atoms with E-state index in [-0.39, 0.29) is 11.5 Å². The van der Waals surface area contributed by atoms with Gasteiger partial charge in [0.05, 0.1) is 0 Å². The molecule has 3 aromatic rings. The first kappa shape index (κ1) is 12.4. The summed E-state index contributed by atoms with van der Waals surface area (Å²) in [4.78, 5) is 31.1. The molecule has 1 aromatic carbocycles. The zero-order valence-corrected chi connectivity index (χ0v) is 10.6. The first-order chi connectivity index (χ1) is 9.63. The van der Waals surface area contributed by atoms with Crippen molar-refractivity contribution in [3.05, 3.63) is 56.3 Å². The second-order valence-electron chi connectivity index (χ2n) is 3.92. The first-order valence-electron chi connectivity index (χ1n) is 5.55. The van der Waals surface area contributed by atoms with Gasteiger partial charge in [-0.05, 0) is 24.3 Å². The summed E-state index contributed by atoms with van der Waals surface area (Å²) in [6.45, 7) is 0. The van der Waals surface area contributed by atoms with Gasteiger partial charge >= 0.3 is 5.69 Å². The highest BCUT2D eigenvalue weighted by Crippen LogP contribution is 2.21. The highest BCUT2D eigenvalue weighted by Gasteiger charge is 2.13. The minimum Gasteiger partial charge on any atom is -0.333 e. The molecule has 8 heteroatoms. The zero-order chi connectivity index (χ0) is 14.1. The standard InChI is InChI=1S/C12H7ClN4O3/c13-7-3-1-6(2-4-7)9-15-11(20-17-9)8-5-14-12(19)16-10(8)18/h1-5H,(H2,14,16,18,19). The minimum absolute atomic E-state index is 0.0208. The van der Waals surface area contributed by atoms with Crippen LogP contribution in [-0.2, 0) is 0 Å². The summed E-state index contributed by atoms with van der Waals surface area (Å²) in [7, 11) is 0. The fourth-order valence-corrected chi connectivity index (χ4v) is 1.74. The summed E-state index contributed by atoms with van der Waals surface area (Å²) in [5.74, 6) is 0.342. The van der Waals surface area contributed by atoms with Crippen LogP contribution in [0.4, 0.5) is 0 Å². The molecule has 2 heterocycles. The Hall–Kier alpha value is -2.67. The molecule has 0 amide bonds. The van der Waals surface area contributed by atoms with Gasteiger partial charge in [-0.2, -0.15) is 4.98 Å². The fourth-order valence-electron chi connectivity index (χ4n) is 1.62. The molecule has 3 rings (SSSR count).